The number of rotatable bonds is 7. The Morgan fingerprint density at radius 2 is 1.86 bits per heavy atom. The molecule has 0 amide bonds. The van der Waals surface area contributed by atoms with Crippen molar-refractivity contribution < 1.29 is 14.3 Å². The fourth-order valence-electron chi connectivity index (χ4n) is 2.75. The highest BCUT2D eigenvalue weighted by molar-refractivity contribution is 5.89. The van der Waals surface area contributed by atoms with Crippen LogP contribution in [0.1, 0.15) is 17.4 Å². The summed E-state index contributed by atoms with van der Waals surface area (Å²) in [4.78, 5) is 16.6. The van der Waals surface area contributed by atoms with Crippen molar-refractivity contribution in [3.8, 4) is 28.3 Å². The number of pyridine rings is 1. The van der Waals surface area contributed by atoms with E-state index in [0.29, 0.717) is 31.1 Å². The first kappa shape index (κ1) is 24.4. The molecule has 0 aliphatic rings. The summed E-state index contributed by atoms with van der Waals surface area (Å²) >= 11 is 0. The van der Waals surface area contributed by atoms with Crippen molar-refractivity contribution in [3.63, 3.8) is 0 Å². The number of carbonyl (C=O) groups excluding carboxylic acids is 1. The van der Waals surface area contributed by atoms with Gasteiger partial charge in [0.1, 0.15) is 11.4 Å². The van der Waals surface area contributed by atoms with Crippen molar-refractivity contribution in [1.82, 2.24) is 14.8 Å². The number of esters is 1. The number of ether oxygens (including phenoxy) is 2. The molecule has 0 aliphatic carbocycles. The summed E-state index contributed by atoms with van der Waals surface area (Å²) in [7, 11) is 1.63. The van der Waals surface area contributed by atoms with Gasteiger partial charge in [0.2, 0.25) is 0 Å². The molecule has 3 rings (SSSR count). The first-order valence-corrected chi connectivity index (χ1v) is 8.72. The molecule has 0 spiro atoms. The van der Waals surface area contributed by atoms with Crippen LogP contribution in [0.4, 0.5) is 0 Å². The molecule has 2 aromatic heterocycles. The topological polar surface area (TPSA) is 92.3 Å². The van der Waals surface area contributed by atoms with Gasteiger partial charge in [0.25, 0.3) is 0 Å². The van der Waals surface area contributed by atoms with Crippen molar-refractivity contribution in [2.75, 3.05) is 20.3 Å². The Bertz CT molecular complexity index is 947. The number of nitrogens with zero attached hydrogens (tertiary/aromatic N) is 3. The average Bonchev–Trinajstić information content (AvgIpc) is 3.13. The number of hydrogen-bond acceptors (Lipinski definition) is 6. The first-order valence-electron chi connectivity index (χ1n) is 8.72. The van der Waals surface area contributed by atoms with E-state index < -0.39 is 5.97 Å². The number of halogens is 2. The Labute approximate surface area is 182 Å². The van der Waals surface area contributed by atoms with Crippen LogP contribution in [0.2, 0.25) is 0 Å². The van der Waals surface area contributed by atoms with Crippen molar-refractivity contribution >= 4 is 30.8 Å². The van der Waals surface area contributed by atoms with Crippen LogP contribution in [0.25, 0.3) is 22.5 Å². The largest absolute Gasteiger partial charge is 0.497 e. The molecule has 0 bridgehead atoms. The Kier molecular flexibility index (Phi) is 9.61. The summed E-state index contributed by atoms with van der Waals surface area (Å²) in [5, 5.41) is 4.53. The molecule has 1 aromatic carbocycles. The zero-order valence-corrected chi connectivity index (χ0v) is 17.8. The summed E-state index contributed by atoms with van der Waals surface area (Å²) in [6, 6.07) is 13.2. The molecule has 156 valence electrons. The van der Waals surface area contributed by atoms with Gasteiger partial charge in [-0.15, -0.1) is 24.8 Å². The monoisotopic (exact) mass is 438 g/mol. The lowest BCUT2D eigenvalue weighted by atomic mass is 10.1. The minimum absolute atomic E-state index is 0. The second-order valence-corrected chi connectivity index (χ2v) is 5.81. The van der Waals surface area contributed by atoms with Gasteiger partial charge in [-0.3, -0.25) is 9.67 Å². The number of aromatic nitrogens is 3. The minimum atomic E-state index is -0.410. The number of methoxy groups -OCH3 is 1. The van der Waals surface area contributed by atoms with Crippen LogP contribution in [0.5, 0.6) is 5.75 Å². The molecule has 7 nitrogen and oxygen atoms in total. The lowest BCUT2D eigenvalue weighted by molar-refractivity contribution is 0.0512. The molecular formula is C20H24Cl2N4O3. The Morgan fingerprint density at radius 3 is 2.55 bits per heavy atom. The average molecular weight is 439 g/mol. The summed E-state index contributed by atoms with van der Waals surface area (Å²) in [6.07, 6.45) is 1.72. The molecule has 2 heterocycles. The smallest absolute Gasteiger partial charge is 0.356 e. The lowest BCUT2D eigenvalue weighted by Crippen LogP contribution is -2.17. The predicted octanol–water partition coefficient (Wildman–Crippen LogP) is 3.60. The molecular weight excluding hydrogens is 415 g/mol. The highest BCUT2D eigenvalue weighted by atomic mass is 35.5. The Balaban J connectivity index is 0.00000210. The number of carbonyl (C=O) groups is 1. The van der Waals surface area contributed by atoms with E-state index in [4.69, 9.17) is 15.2 Å². The van der Waals surface area contributed by atoms with E-state index in [1.165, 1.54) is 0 Å². The van der Waals surface area contributed by atoms with E-state index in [-0.39, 0.29) is 24.8 Å². The van der Waals surface area contributed by atoms with Crippen molar-refractivity contribution in [2.45, 2.75) is 13.5 Å². The number of hydrogen-bond donors (Lipinski definition) is 1. The normalized spacial score (nSPS) is 9.90. The summed E-state index contributed by atoms with van der Waals surface area (Å²) in [5.74, 6) is 0.350. The number of nitrogens with two attached hydrogens (primary N) is 1. The van der Waals surface area contributed by atoms with E-state index in [9.17, 15) is 4.79 Å². The standard InChI is InChI=1S/C20H22N4O3.2ClH/c1-3-27-20(25)19-13-18(23-24(19)10-8-21)15-7-9-22-17(12-15)14-5-4-6-16(11-14)26-2;;/h4-7,9,11-13H,3,8,10,21H2,1-2H3;2*1H. The van der Waals surface area contributed by atoms with Gasteiger partial charge in [0, 0.05) is 23.9 Å². The second-order valence-electron chi connectivity index (χ2n) is 5.81. The van der Waals surface area contributed by atoms with Crippen LogP contribution in [-0.2, 0) is 11.3 Å². The van der Waals surface area contributed by atoms with Crippen LogP contribution in [0, 0.1) is 0 Å². The molecule has 0 unspecified atom stereocenters. The van der Waals surface area contributed by atoms with Gasteiger partial charge in [-0.2, -0.15) is 5.10 Å². The van der Waals surface area contributed by atoms with E-state index in [1.807, 2.05) is 36.4 Å². The zero-order valence-electron chi connectivity index (χ0n) is 16.2. The summed E-state index contributed by atoms with van der Waals surface area (Å²) < 4.78 is 12.0. The molecule has 0 atom stereocenters. The lowest BCUT2D eigenvalue weighted by Gasteiger charge is -2.05. The Hall–Kier alpha value is -2.61. The molecule has 2 N–H and O–H groups in total. The Morgan fingerprint density at radius 1 is 1.10 bits per heavy atom. The molecule has 0 saturated carbocycles. The van der Waals surface area contributed by atoms with E-state index in [2.05, 4.69) is 10.1 Å². The maximum absolute atomic E-state index is 12.2. The van der Waals surface area contributed by atoms with Gasteiger partial charge in [0.15, 0.2) is 0 Å². The zero-order chi connectivity index (χ0) is 19.2. The van der Waals surface area contributed by atoms with Gasteiger partial charge >= 0.3 is 5.97 Å². The van der Waals surface area contributed by atoms with Crippen LogP contribution in [0.3, 0.4) is 0 Å². The van der Waals surface area contributed by atoms with Crippen molar-refractivity contribution in [3.05, 3.63) is 54.4 Å². The molecule has 0 fully saturated rings. The molecule has 9 heteroatoms. The van der Waals surface area contributed by atoms with Crippen LogP contribution in [0.15, 0.2) is 48.7 Å². The van der Waals surface area contributed by atoms with Crippen LogP contribution < -0.4 is 10.5 Å². The van der Waals surface area contributed by atoms with E-state index >= 15 is 0 Å². The van der Waals surface area contributed by atoms with E-state index in [1.54, 1.807) is 31.0 Å². The third-order valence-electron chi connectivity index (χ3n) is 4.03. The molecule has 0 aliphatic heterocycles. The fourth-order valence-corrected chi connectivity index (χ4v) is 2.75. The molecule has 3 aromatic rings. The van der Waals surface area contributed by atoms with Crippen LogP contribution >= 0.6 is 24.8 Å². The summed E-state index contributed by atoms with van der Waals surface area (Å²) in [5.41, 5.74) is 9.27. The fraction of sp³-hybridized carbons (Fsp3) is 0.250. The third-order valence-corrected chi connectivity index (χ3v) is 4.03. The van der Waals surface area contributed by atoms with Crippen molar-refractivity contribution in [2.24, 2.45) is 5.73 Å². The van der Waals surface area contributed by atoms with Crippen LogP contribution in [-0.4, -0.2) is 41.0 Å². The van der Waals surface area contributed by atoms with Crippen molar-refractivity contribution in [1.29, 1.82) is 0 Å². The quantitative estimate of drug-likeness (QED) is 0.566. The second kappa shape index (κ2) is 11.4. The SMILES string of the molecule is CCOC(=O)c1cc(-c2ccnc(-c3cccc(OC)c3)c2)nn1CCN.Cl.Cl. The first-order chi connectivity index (χ1) is 13.2. The predicted molar refractivity (Wildman–Crippen MR) is 117 cm³/mol. The maximum Gasteiger partial charge on any atom is 0.356 e. The van der Waals surface area contributed by atoms with Gasteiger partial charge < -0.3 is 15.2 Å². The third kappa shape index (κ3) is 5.69. The highest BCUT2D eigenvalue weighted by Gasteiger charge is 2.17. The van der Waals surface area contributed by atoms with Gasteiger partial charge in [-0.05, 0) is 37.3 Å². The number of benzene rings is 1. The van der Waals surface area contributed by atoms with Gasteiger partial charge in [-0.1, -0.05) is 12.1 Å². The van der Waals surface area contributed by atoms with Gasteiger partial charge in [-0.25, -0.2) is 4.79 Å². The summed E-state index contributed by atoms with van der Waals surface area (Å²) in [6.45, 7) is 2.88. The molecule has 0 radical (unpaired) electrons. The molecule has 0 saturated heterocycles. The van der Waals surface area contributed by atoms with E-state index in [0.717, 1.165) is 22.6 Å². The highest BCUT2D eigenvalue weighted by Crippen LogP contribution is 2.26. The molecule has 29 heavy (non-hydrogen) atoms. The maximum atomic E-state index is 12.2. The van der Waals surface area contributed by atoms with Gasteiger partial charge in [0.05, 0.1) is 31.6 Å². The minimum Gasteiger partial charge on any atom is -0.497 e.